The minimum absolute atomic E-state index is 0.145. The molecule has 0 atom stereocenters. The van der Waals surface area contributed by atoms with Gasteiger partial charge >= 0.3 is 24.1 Å². The van der Waals surface area contributed by atoms with Crippen LogP contribution in [0.2, 0.25) is 0 Å². The summed E-state index contributed by atoms with van der Waals surface area (Å²) in [4.78, 5) is 49.7. The Balaban J connectivity index is 1.34. The van der Waals surface area contributed by atoms with Gasteiger partial charge in [0.25, 0.3) is 0 Å². The summed E-state index contributed by atoms with van der Waals surface area (Å²) in [5.41, 5.74) is 2.52. The summed E-state index contributed by atoms with van der Waals surface area (Å²) < 4.78 is 21.4. The average Bonchev–Trinajstić information content (AvgIpc) is 3.12. The Morgan fingerprint density at radius 2 is 0.962 bits per heavy atom. The Bertz CT molecular complexity index is 1540. The number of carbonyl (C=O) groups excluding carboxylic acids is 4. The number of nitrogens with one attached hydrogen (secondary N) is 2. The minimum atomic E-state index is -0.789. The lowest BCUT2D eigenvalue weighted by atomic mass is 9.87. The first-order valence-corrected chi connectivity index (χ1v) is 19.0. The molecule has 3 rings (SSSR count). The van der Waals surface area contributed by atoms with Gasteiger partial charge < -0.3 is 29.6 Å². The molecule has 10 nitrogen and oxygen atoms in total. The molecule has 0 saturated carbocycles. The van der Waals surface area contributed by atoms with E-state index in [1.807, 2.05) is 113 Å². The minimum Gasteiger partial charge on any atom is -0.457 e. The second kappa shape index (κ2) is 21.0. The topological polar surface area (TPSA) is 129 Å². The molecular weight excluding hydrogens is 701 g/mol. The molecule has 0 radical (unpaired) electrons. The molecule has 0 heterocycles. The second-order valence-corrected chi connectivity index (χ2v) is 15.0. The first-order valence-electron chi connectivity index (χ1n) is 16.7. The van der Waals surface area contributed by atoms with E-state index in [2.05, 4.69) is 23.8 Å². The summed E-state index contributed by atoms with van der Waals surface area (Å²) in [6.45, 7) is 15.7. The highest BCUT2D eigenvalue weighted by Gasteiger charge is 2.28. The van der Waals surface area contributed by atoms with Crippen LogP contribution in [0.4, 0.5) is 9.59 Å². The van der Waals surface area contributed by atoms with Gasteiger partial charge in [-0.2, -0.15) is 23.5 Å². The Kier molecular flexibility index (Phi) is 16.8. The number of esters is 2. The number of carbonyl (C=O) groups is 4. The van der Waals surface area contributed by atoms with Gasteiger partial charge in [-0.1, -0.05) is 98.1 Å². The van der Waals surface area contributed by atoms with Gasteiger partial charge in [-0.15, -0.1) is 0 Å². The number of ether oxygens (including phenoxy) is 4. The summed E-state index contributed by atoms with van der Waals surface area (Å²) >= 11 is 2.83. The van der Waals surface area contributed by atoms with Gasteiger partial charge in [-0.3, -0.25) is 0 Å². The third kappa shape index (κ3) is 14.9. The Morgan fingerprint density at radius 1 is 0.577 bits per heavy atom. The van der Waals surface area contributed by atoms with E-state index in [-0.39, 0.29) is 26.4 Å². The summed E-state index contributed by atoms with van der Waals surface area (Å²) in [6, 6.07) is 26.4. The fraction of sp³-hybridized carbons (Fsp3) is 0.350. The highest BCUT2D eigenvalue weighted by molar-refractivity contribution is 7.99. The molecule has 0 spiro atoms. The van der Waals surface area contributed by atoms with Gasteiger partial charge in [-0.05, 0) is 49.9 Å². The SMILES string of the molecule is C=C(CSCCOC(=O)NC(C)(C)c1cccc(C(C)(C)NC(=O)OCCSCC(=C)C(=O)OCc2ccccc2)c1)C(=O)OCc1ccccc1. The average molecular weight is 749 g/mol. The first kappa shape index (κ1) is 41.7. The van der Waals surface area contributed by atoms with Crippen LogP contribution in [0.3, 0.4) is 0 Å². The number of thioether (sulfide) groups is 2. The molecular formula is C40H48N2O8S2. The molecule has 3 aromatic rings. The van der Waals surface area contributed by atoms with E-state index in [0.29, 0.717) is 34.2 Å². The maximum Gasteiger partial charge on any atom is 0.407 e. The van der Waals surface area contributed by atoms with E-state index in [1.165, 1.54) is 23.5 Å². The highest BCUT2D eigenvalue weighted by atomic mass is 32.2. The molecule has 0 saturated heterocycles. The van der Waals surface area contributed by atoms with Crippen molar-refractivity contribution >= 4 is 47.6 Å². The largest absolute Gasteiger partial charge is 0.457 e. The van der Waals surface area contributed by atoms with Crippen molar-refractivity contribution in [1.82, 2.24) is 10.6 Å². The van der Waals surface area contributed by atoms with Crippen molar-refractivity contribution < 1.29 is 38.1 Å². The van der Waals surface area contributed by atoms with E-state index in [9.17, 15) is 19.2 Å². The van der Waals surface area contributed by atoms with Crippen LogP contribution < -0.4 is 10.6 Å². The van der Waals surface area contributed by atoms with Gasteiger partial charge in [0.1, 0.15) is 26.4 Å². The molecule has 278 valence electrons. The number of hydrogen-bond acceptors (Lipinski definition) is 10. The van der Waals surface area contributed by atoms with Crippen LogP contribution >= 0.6 is 23.5 Å². The van der Waals surface area contributed by atoms with E-state index in [4.69, 9.17) is 18.9 Å². The predicted octanol–water partition coefficient (Wildman–Crippen LogP) is 7.67. The van der Waals surface area contributed by atoms with Crippen molar-refractivity contribution in [3.63, 3.8) is 0 Å². The number of alkyl carbamates (subject to hydrolysis) is 2. The molecule has 3 aromatic carbocycles. The Labute approximate surface area is 315 Å². The number of hydrogen-bond donors (Lipinski definition) is 2. The normalized spacial score (nSPS) is 11.2. The second-order valence-electron chi connectivity index (χ2n) is 12.8. The zero-order valence-electron chi connectivity index (χ0n) is 30.2. The van der Waals surface area contributed by atoms with Crippen molar-refractivity contribution in [1.29, 1.82) is 0 Å². The van der Waals surface area contributed by atoms with Crippen LogP contribution in [-0.2, 0) is 52.8 Å². The van der Waals surface area contributed by atoms with Crippen molar-refractivity contribution in [2.75, 3.05) is 36.2 Å². The van der Waals surface area contributed by atoms with Crippen LogP contribution in [0.5, 0.6) is 0 Å². The summed E-state index contributed by atoms with van der Waals surface area (Å²) in [6.07, 6.45) is -1.16. The molecule has 52 heavy (non-hydrogen) atoms. The van der Waals surface area contributed by atoms with Crippen LogP contribution in [0.25, 0.3) is 0 Å². The quantitative estimate of drug-likeness (QED) is 0.0514. The van der Waals surface area contributed by atoms with Crippen molar-refractivity contribution in [3.8, 4) is 0 Å². The first-order chi connectivity index (χ1) is 24.8. The molecule has 0 aromatic heterocycles. The molecule has 0 aliphatic carbocycles. The van der Waals surface area contributed by atoms with Crippen molar-refractivity contribution in [2.45, 2.75) is 52.0 Å². The zero-order valence-corrected chi connectivity index (χ0v) is 31.9. The highest BCUT2D eigenvalue weighted by Crippen LogP contribution is 2.27. The molecule has 12 heteroatoms. The Morgan fingerprint density at radius 3 is 1.35 bits per heavy atom. The third-order valence-corrected chi connectivity index (χ3v) is 9.63. The molecule has 0 unspecified atom stereocenters. The predicted molar refractivity (Wildman–Crippen MR) is 207 cm³/mol. The van der Waals surface area contributed by atoms with Crippen LogP contribution in [0.1, 0.15) is 49.9 Å². The van der Waals surface area contributed by atoms with Crippen LogP contribution in [0, 0.1) is 0 Å². The standard InChI is InChI=1S/C40H48N2O8S2/c1-29(35(43)49-25-31-14-9-7-10-15-31)27-51-22-20-47-37(45)41-39(3,4)33-18-13-19-34(24-33)40(5,6)42-38(46)48-21-23-52-28-30(2)36(44)50-26-32-16-11-8-12-17-32/h7-19,24H,1-2,20-23,25-28H2,3-6H3,(H,41,45)(H,42,46). The van der Waals surface area contributed by atoms with Gasteiger partial charge in [-0.25, -0.2) is 19.2 Å². The number of rotatable bonds is 20. The smallest absolute Gasteiger partial charge is 0.407 e. The molecule has 0 bridgehead atoms. The maximum atomic E-state index is 12.6. The number of benzene rings is 3. The van der Waals surface area contributed by atoms with Gasteiger partial charge in [0.15, 0.2) is 0 Å². The summed E-state index contributed by atoms with van der Waals surface area (Å²) in [7, 11) is 0. The van der Waals surface area contributed by atoms with E-state index in [0.717, 1.165) is 22.3 Å². The Hall–Kier alpha value is -4.68. The van der Waals surface area contributed by atoms with E-state index < -0.39 is 35.2 Å². The molecule has 0 fully saturated rings. The third-order valence-electron chi connectivity index (χ3n) is 7.61. The summed E-state index contributed by atoms with van der Waals surface area (Å²) in [5.74, 6) is 0.754. The maximum absolute atomic E-state index is 12.6. The lowest BCUT2D eigenvalue weighted by Gasteiger charge is -2.30. The summed E-state index contributed by atoms with van der Waals surface area (Å²) in [5, 5.41) is 5.80. The molecule has 2 N–H and O–H groups in total. The van der Waals surface area contributed by atoms with Crippen molar-refractivity contribution in [2.24, 2.45) is 0 Å². The zero-order chi connectivity index (χ0) is 38.0. The fourth-order valence-electron chi connectivity index (χ4n) is 4.57. The molecule has 0 aliphatic heterocycles. The van der Waals surface area contributed by atoms with Gasteiger partial charge in [0.05, 0.1) is 11.1 Å². The van der Waals surface area contributed by atoms with E-state index in [1.54, 1.807) is 0 Å². The molecule has 0 aliphatic rings. The monoisotopic (exact) mass is 748 g/mol. The van der Waals surface area contributed by atoms with Crippen LogP contribution in [-0.4, -0.2) is 60.4 Å². The van der Waals surface area contributed by atoms with Gasteiger partial charge in [0.2, 0.25) is 0 Å². The number of amides is 2. The molecule has 2 amide bonds. The fourth-order valence-corrected chi connectivity index (χ4v) is 5.99. The lowest BCUT2D eigenvalue weighted by molar-refractivity contribution is -0.141. The lowest BCUT2D eigenvalue weighted by Crippen LogP contribution is -2.43. The van der Waals surface area contributed by atoms with Crippen LogP contribution in [0.15, 0.2) is 109 Å². The van der Waals surface area contributed by atoms with Gasteiger partial charge in [0, 0.05) is 34.2 Å². The van der Waals surface area contributed by atoms with Crippen molar-refractivity contribution in [3.05, 3.63) is 131 Å². The van der Waals surface area contributed by atoms with E-state index >= 15 is 0 Å².